The molecule has 0 saturated heterocycles. The summed E-state index contributed by atoms with van der Waals surface area (Å²) in [6, 6.07) is 5.21. The van der Waals surface area contributed by atoms with Crippen LogP contribution in [0.4, 0.5) is 13.2 Å². The Morgan fingerprint density at radius 3 is 2.72 bits per heavy atom. The molecule has 3 heterocycles. The Morgan fingerprint density at radius 2 is 2.03 bits per heavy atom. The molecule has 1 amide bonds. The molecule has 0 bridgehead atoms. The molecule has 9 heteroatoms. The van der Waals surface area contributed by atoms with Crippen LogP contribution in [0.1, 0.15) is 27.3 Å². The molecule has 3 aromatic heterocycles. The van der Waals surface area contributed by atoms with Gasteiger partial charge in [0.1, 0.15) is 12.2 Å². The first-order valence-corrected chi connectivity index (χ1v) is 9.13. The Morgan fingerprint density at radius 1 is 1.28 bits per heavy atom. The van der Waals surface area contributed by atoms with Gasteiger partial charge in [0.2, 0.25) is 5.91 Å². The average Bonchev–Trinajstić information content (AvgIpc) is 2.96. The van der Waals surface area contributed by atoms with E-state index in [4.69, 9.17) is 1.37 Å². The van der Waals surface area contributed by atoms with Gasteiger partial charge in [-0.15, -0.1) is 0 Å². The van der Waals surface area contributed by atoms with E-state index in [0.717, 1.165) is 5.39 Å². The molecule has 0 aromatic carbocycles. The third kappa shape index (κ3) is 4.55. The second-order valence-electron chi connectivity index (χ2n) is 7.18. The number of nitrogens with one attached hydrogen (secondary N) is 1. The maximum absolute atomic E-state index is 12.5. The van der Waals surface area contributed by atoms with Gasteiger partial charge in [-0.3, -0.25) is 4.79 Å². The van der Waals surface area contributed by atoms with Crippen molar-refractivity contribution < 1.29 is 19.3 Å². The van der Waals surface area contributed by atoms with Crippen molar-refractivity contribution in [2.24, 2.45) is 12.5 Å². The minimum Gasteiger partial charge on any atom is -0.347 e. The molecule has 0 radical (unpaired) electrons. The van der Waals surface area contributed by atoms with Crippen molar-refractivity contribution in [3.05, 3.63) is 42.5 Å². The molecule has 0 aliphatic rings. The number of amides is 1. The smallest absolute Gasteiger partial charge is 0.347 e. The summed E-state index contributed by atoms with van der Waals surface area (Å²) in [6.07, 6.45) is -0.650. The van der Waals surface area contributed by atoms with Crippen LogP contribution in [0.15, 0.2) is 36.8 Å². The Bertz CT molecular complexity index is 1080. The van der Waals surface area contributed by atoms with E-state index < -0.39 is 24.0 Å². The highest BCUT2D eigenvalue weighted by molar-refractivity contribution is 5.92. The largest absolute Gasteiger partial charge is 0.405 e. The molecule has 0 saturated carbocycles. The van der Waals surface area contributed by atoms with Crippen molar-refractivity contribution in [2.75, 3.05) is 6.54 Å². The highest BCUT2D eigenvalue weighted by Crippen LogP contribution is 2.29. The fourth-order valence-electron chi connectivity index (χ4n) is 3.09. The molecule has 29 heavy (non-hydrogen) atoms. The first kappa shape index (κ1) is 19.4. The van der Waals surface area contributed by atoms with E-state index in [1.165, 1.54) is 6.20 Å². The molecular weight excluding hydrogens is 383 g/mol. The standard InChI is InChI=1S/C20H22F3N5O/c1-4-19(2,18(29)26-12-20(21,22)23)10-13-7-9-24-16(27-13)15-11-28(3)17-14(15)6-5-8-25-17/h5-9,11H,4,10,12H2,1-3H3,(H,26,29)/t19-/m0/s1/i11D. The Hall–Kier alpha value is -2.97. The number of aromatic nitrogens is 4. The number of fused-ring (bicyclic) bond motifs is 1. The second kappa shape index (κ2) is 7.81. The van der Waals surface area contributed by atoms with Crippen LogP contribution in [-0.4, -0.2) is 38.1 Å². The molecule has 3 aromatic rings. The first-order valence-electron chi connectivity index (χ1n) is 9.63. The van der Waals surface area contributed by atoms with Crippen LogP contribution < -0.4 is 5.32 Å². The number of alkyl halides is 3. The van der Waals surface area contributed by atoms with Crippen LogP contribution in [0.3, 0.4) is 0 Å². The van der Waals surface area contributed by atoms with Crippen LogP contribution in [0.25, 0.3) is 22.4 Å². The van der Waals surface area contributed by atoms with E-state index in [2.05, 4.69) is 15.0 Å². The summed E-state index contributed by atoms with van der Waals surface area (Å²) in [4.78, 5) is 25.5. The van der Waals surface area contributed by atoms with Crippen molar-refractivity contribution in [2.45, 2.75) is 32.9 Å². The third-order valence-corrected chi connectivity index (χ3v) is 4.94. The predicted octanol–water partition coefficient (Wildman–Crippen LogP) is 3.67. The van der Waals surface area contributed by atoms with Gasteiger partial charge in [-0.05, 0) is 24.6 Å². The molecule has 154 valence electrons. The minimum atomic E-state index is -4.47. The molecule has 0 aliphatic heterocycles. The summed E-state index contributed by atoms with van der Waals surface area (Å²) >= 11 is 0. The number of carbonyl (C=O) groups excluding carboxylic acids is 1. The zero-order valence-corrected chi connectivity index (χ0v) is 16.3. The fraction of sp³-hybridized carbons (Fsp3) is 0.400. The highest BCUT2D eigenvalue weighted by atomic mass is 19.4. The lowest BCUT2D eigenvalue weighted by Gasteiger charge is -2.27. The zero-order chi connectivity index (χ0) is 22.1. The van der Waals surface area contributed by atoms with Crippen molar-refractivity contribution >= 4 is 16.9 Å². The van der Waals surface area contributed by atoms with Crippen LogP contribution in [0.5, 0.6) is 0 Å². The summed E-state index contributed by atoms with van der Waals surface area (Å²) in [5.74, 6) is -0.372. The molecule has 0 spiro atoms. The number of carbonyl (C=O) groups is 1. The van der Waals surface area contributed by atoms with Crippen molar-refractivity contribution in [1.82, 2.24) is 24.8 Å². The zero-order valence-electron chi connectivity index (χ0n) is 17.3. The average molecular weight is 406 g/mol. The van der Waals surface area contributed by atoms with E-state index in [9.17, 15) is 18.0 Å². The van der Waals surface area contributed by atoms with Crippen LogP contribution >= 0.6 is 0 Å². The molecule has 3 rings (SSSR count). The summed E-state index contributed by atoms with van der Waals surface area (Å²) in [6.45, 7) is 1.98. The number of halogens is 3. The number of hydrogen-bond acceptors (Lipinski definition) is 4. The van der Waals surface area contributed by atoms with Crippen LogP contribution in [-0.2, 0) is 18.3 Å². The number of aryl methyl sites for hydroxylation is 1. The van der Waals surface area contributed by atoms with E-state index in [-0.39, 0.29) is 12.6 Å². The summed E-state index contributed by atoms with van der Waals surface area (Å²) in [7, 11) is 1.73. The summed E-state index contributed by atoms with van der Waals surface area (Å²) in [5, 5.41) is 2.69. The van der Waals surface area contributed by atoms with Gasteiger partial charge >= 0.3 is 6.18 Å². The van der Waals surface area contributed by atoms with Gasteiger partial charge in [-0.2, -0.15) is 13.2 Å². The molecule has 0 unspecified atom stereocenters. The SMILES string of the molecule is [2H]c1c(-c2nccc(C[C@](C)(CC)C(=O)NCC(F)(F)F)n2)c2cccnc2n1C. The number of hydrogen-bond donors (Lipinski definition) is 1. The Balaban J connectivity index is 1.92. The van der Waals surface area contributed by atoms with Gasteiger partial charge in [0.15, 0.2) is 5.82 Å². The molecule has 0 fully saturated rings. The lowest BCUT2D eigenvalue weighted by atomic mass is 9.81. The summed E-state index contributed by atoms with van der Waals surface area (Å²) in [5.41, 5.74) is 0.575. The highest BCUT2D eigenvalue weighted by Gasteiger charge is 2.35. The van der Waals surface area contributed by atoms with Gasteiger partial charge in [0.05, 0.1) is 6.79 Å². The lowest BCUT2D eigenvalue weighted by Crippen LogP contribution is -2.44. The number of pyridine rings is 1. The van der Waals surface area contributed by atoms with Gasteiger partial charge in [-0.25, -0.2) is 15.0 Å². The van der Waals surface area contributed by atoms with E-state index in [0.29, 0.717) is 29.1 Å². The fourth-order valence-corrected chi connectivity index (χ4v) is 3.09. The van der Waals surface area contributed by atoms with Gasteiger partial charge in [-0.1, -0.05) is 13.8 Å². The van der Waals surface area contributed by atoms with Crippen LogP contribution in [0, 0.1) is 5.41 Å². The van der Waals surface area contributed by atoms with Gasteiger partial charge in [0, 0.05) is 48.7 Å². The maximum atomic E-state index is 12.5. The van der Waals surface area contributed by atoms with Gasteiger partial charge < -0.3 is 9.88 Å². The topological polar surface area (TPSA) is 72.7 Å². The monoisotopic (exact) mass is 406 g/mol. The Kier molecular flexibility index (Phi) is 5.21. The van der Waals surface area contributed by atoms with E-state index in [1.807, 2.05) is 11.4 Å². The molecule has 1 atom stereocenters. The second-order valence-corrected chi connectivity index (χ2v) is 7.18. The van der Waals surface area contributed by atoms with Crippen molar-refractivity contribution in [3.63, 3.8) is 0 Å². The number of rotatable bonds is 6. The van der Waals surface area contributed by atoms with Crippen LogP contribution in [0.2, 0.25) is 0 Å². The molecule has 1 N–H and O–H groups in total. The quantitative estimate of drug-likeness (QED) is 0.678. The van der Waals surface area contributed by atoms with E-state index >= 15 is 0 Å². The molecule has 6 nitrogen and oxygen atoms in total. The maximum Gasteiger partial charge on any atom is 0.405 e. The number of nitrogens with zero attached hydrogens (tertiary/aromatic N) is 4. The predicted molar refractivity (Wildman–Crippen MR) is 103 cm³/mol. The first-order chi connectivity index (χ1) is 14.1. The third-order valence-electron chi connectivity index (χ3n) is 4.94. The summed E-state index contributed by atoms with van der Waals surface area (Å²) < 4.78 is 47.5. The molecule has 0 aliphatic carbocycles. The Labute approximate surface area is 167 Å². The minimum absolute atomic E-state index is 0.138. The van der Waals surface area contributed by atoms with Crippen molar-refractivity contribution in [3.8, 4) is 11.4 Å². The lowest BCUT2D eigenvalue weighted by molar-refractivity contribution is -0.144. The van der Waals surface area contributed by atoms with Gasteiger partial charge in [0.25, 0.3) is 0 Å². The van der Waals surface area contributed by atoms with Crippen molar-refractivity contribution in [1.29, 1.82) is 0 Å². The molecular formula is C20H22F3N5O. The normalized spacial score (nSPS) is 14.5. The van der Waals surface area contributed by atoms with E-state index in [1.54, 1.807) is 43.8 Å².